The number of aliphatic hydroxyl groups is 1. The zero-order chi connectivity index (χ0) is 10.6. The summed E-state index contributed by atoms with van der Waals surface area (Å²) in [5.74, 6) is -0.0104. The fourth-order valence-electron chi connectivity index (χ4n) is 1.10. The fourth-order valence-corrected chi connectivity index (χ4v) is 1.10. The first-order valence-corrected chi connectivity index (χ1v) is 4.09. The molecule has 76 valence electrons. The predicted octanol–water partition coefficient (Wildman–Crippen LogP) is 0.0528. The average molecular weight is 196 g/mol. The molecule has 0 aliphatic rings. The average Bonchev–Trinajstić information content (AvgIpc) is 2.16. The number of phenols is 1. The van der Waals surface area contributed by atoms with E-state index >= 15 is 0 Å². The summed E-state index contributed by atoms with van der Waals surface area (Å²) >= 11 is 0. The first-order valence-electron chi connectivity index (χ1n) is 4.09. The van der Waals surface area contributed by atoms with E-state index in [0.717, 1.165) is 0 Å². The van der Waals surface area contributed by atoms with Crippen molar-refractivity contribution >= 4 is 6.03 Å². The van der Waals surface area contributed by atoms with Gasteiger partial charge in [0, 0.05) is 17.7 Å². The van der Waals surface area contributed by atoms with Gasteiger partial charge in [-0.3, -0.25) is 0 Å². The van der Waals surface area contributed by atoms with Crippen molar-refractivity contribution in [3.05, 3.63) is 29.3 Å². The maximum atomic E-state index is 10.4. The van der Waals surface area contributed by atoms with Gasteiger partial charge in [-0.25, -0.2) is 4.79 Å². The molecule has 0 fully saturated rings. The lowest BCUT2D eigenvalue weighted by molar-refractivity contribution is 0.248. The van der Waals surface area contributed by atoms with Crippen molar-refractivity contribution in [2.45, 2.75) is 13.2 Å². The van der Waals surface area contributed by atoms with Crippen LogP contribution in [0.25, 0.3) is 0 Å². The third-order valence-corrected chi connectivity index (χ3v) is 1.83. The molecule has 0 radical (unpaired) electrons. The number of nitrogens with two attached hydrogens (primary N) is 1. The molecule has 2 amide bonds. The van der Waals surface area contributed by atoms with Crippen LogP contribution < -0.4 is 11.1 Å². The van der Waals surface area contributed by atoms with E-state index in [9.17, 15) is 9.90 Å². The number of benzene rings is 1. The minimum Gasteiger partial charge on any atom is -0.507 e. The van der Waals surface area contributed by atoms with Gasteiger partial charge >= 0.3 is 6.03 Å². The van der Waals surface area contributed by atoms with Gasteiger partial charge in [0.2, 0.25) is 0 Å². The van der Waals surface area contributed by atoms with Crippen molar-refractivity contribution < 1.29 is 15.0 Å². The second kappa shape index (κ2) is 4.48. The summed E-state index contributed by atoms with van der Waals surface area (Å²) in [6, 6.07) is 4.27. The maximum absolute atomic E-state index is 10.4. The Morgan fingerprint density at radius 3 is 2.64 bits per heavy atom. The van der Waals surface area contributed by atoms with Crippen molar-refractivity contribution in [1.82, 2.24) is 5.32 Å². The number of urea groups is 1. The number of carbonyl (C=O) groups excluding carboxylic acids is 1. The van der Waals surface area contributed by atoms with Gasteiger partial charge in [-0.15, -0.1) is 0 Å². The molecule has 5 nitrogen and oxygen atoms in total. The first-order chi connectivity index (χ1) is 6.65. The van der Waals surface area contributed by atoms with Crippen LogP contribution in [0.4, 0.5) is 4.79 Å². The number of aromatic hydroxyl groups is 1. The fraction of sp³-hybridized carbons (Fsp3) is 0.222. The standard InChI is InChI=1S/C9H12N2O3/c10-9(14)11-4-6-2-1-3-7(5-12)8(6)13/h1-3,12-13H,4-5H2,(H3,10,11,14). The van der Waals surface area contributed by atoms with E-state index in [2.05, 4.69) is 5.32 Å². The Kier molecular flexibility index (Phi) is 3.30. The Morgan fingerprint density at radius 2 is 2.07 bits per heavy atom. The number of carbonyl (C=O) groups is 1. The second-order valence-electron chi connectivity index (χ2n) is 2.80. The monoisotopic (exact) mass is 196 g/mol. The minimum absolute atomic E-state index is 0.0104. The summed E-state index contributed by atoms with van der Waals surface area (Å²) in [4.78, 5) is 10.4. The van der Waals surface area contributed by atoms with Crippen molar-refractivity contribution in [1.29, 1.82) is 0 Å². The summed E-state index contributed by atoms with van der Waals surface area (Å²) in [5.41, 5.74) is 5.83. The highest BCUT2D eigenvalue weighted by Gasteiger charge is 2.05. The van der Waals surface area contributed by atoms with E-state index < -0.39 is 6.03 Å². The van der Waals surface area contributed by atoms with E-state index in [4.69, 9.17) is 10.8 Å². The van der Waals surface area contributed by atoms with E-state index in [1.54, 1.807) is 18.2 Å². The molecule has 0 saturated heterocycles. The summed E-state index contributed by atoms with van der Waals surface area (Å²) in [6.07, 6.45) is 0. The number of nitrogens with one attached hydrogen (secondary N) is 1. The van der Waals surface area contributed by atoms with Gasteiger partial charge < -0.3 is 21.3 Å². The minimum atomic E-state index is -0.654. The van der Waals surface area contributed by atoms with Crippen molar-refractivity contribution in [2.75, 3.05) is 0 Å². The van der Waals surface area contributed by atoms with Crippen molar-refractivity contribution in [2.24, 2.45) is 5.73 Å². The summed E-state index contributed by atoms with van der Waals surface area (Å²) in [6.45, 7) is -0.0920. The van der Waals surface area contributed by atoms with Crippen LogP contribution in [0.3, 0.4) is 0 Å². The van der Waals surface area contributed by atoms with Gasteiger partial charge in [0.15, 0.2) is 0 Å². The van der Waals surface area contributed by atoms with E-state index in [1.807, 2.05) is 0 Å². The van der Waals surface area contributed by atoms with Gasteiger partial charge in [0.25, 0.3) is 0 Å². The molecule has 0 atom stereocenters. The van der Waals surface area contributed by atoms with Crippen LogP contribution >= 0.6 is 0 Å². The van der Waals surface area contributed by atoms with Crippen LogP contribution in [0.2, 0.25) is 0 Å². The van der Waals surface area contributed by atoms with E-state index in [1.165, 1.54) is 0 Å². The van der Waals surface area contributed by atoms with Crippen molar-refractivity contribution in [3.63, 3.8) is 0 Å². The van der Waals surface area contributed by atoms with E-state index in [0.29, 0.717) is 11.1 Å². The zero-order valence-corrected chi connectivity index (χ0v) is 7.53. The van der Waals surface area contributed by atoms with Gasteiger partial charge in [-0.2, -0.15) is 0 Å². The molecule has 14 heavy (non-hydrogen) atoms. The molecule has 0 saturated carbocycles. The highest BCUT2D eigenvalue weighted by Crippen LogP contribution is 2.21. The van der Waals surface area contributed by atoms with E-state index in [-0.39, 0.29) is 18.9 Å². The molecule has 1 aromatic carbocycles. The molecule has 5 N–H and O–H groups in total. The normalized spacial score (nSPS) is 9.79. The smallest absolute Gasteiger partial charge is 0.312 e. The lowest BCUT2D eigenvalue weighted by Gasteiger charge is -2.07. The van der Waals surface area contributed by atoms with Crippen LogP contribution in [0.1, 0.15) is 11.1 Å². The Labute approximate surface area is 81.2 Å². The first kappa shape index (κ1) is 10.3. The van der Waals surface area contributed by atoms with Crippen LogP contribution in [0.15, 0.2) is 18.2 Å². The molecular weight excluding hydrogens is 184 g/mol. The number of para-hydroxylation sites is 1. The summed E-state index contributed by atoms with van der Waals surface area (Å²) in [5, 5.41) is 20.7. The Morgan fingerprint density at radius 1 is 1.43 bits per heavy atom. The van der Waals surface area contributed by atoms with Crippen LogP contribution in [0, 0.1) is 0 Å². The molecule has 1 aromatic rings. The van der Waals surface area contributed by atoms with Crippen molar-refractivity contribution in [3.8, 4) is 5.75 Å². The Balaban J connectivity index is 2.81. The van der Waals surface area contributed by atoms with Gasteiger partial charge in [-0.05, 0) is 0 Å². The van der Waals surface area contributed by atoms with Crippen LogP contribution in [-0.4, -0.2) is 16.2 Å². The number of aliphatic hydroxyl groups excluding tert-OH is 1. The maximum Gasteiger partial charge on any atom is 0.312 e. The largest absolute Gasteiger partial charge is 0.507 e. The Bertz CT molecular complexity index is 339. The van der Waals surface area contributed by atoms with Crippen LogP contribution in [-0.2, 0) is 13.2 Å². The molecule has 0 bridgehead atoms. The zero-order valence-electron chi connectivity index (χ0n) is 7.53. The summed E-state index contributed by atoms with van der Waals surface area (Å²) < 4.78 is 0. The number of amides is 2. The quantitative estimate of drug-likeness (QED) is 0.550. The molecular formula is C9H12N2O3. The second-order valence-corrected chi connectivity index (χ2v) is 2.80. The van der Waals surface area contributed by atoms with Crippen LogP contribution in [0.5, 0.6) is 5.75 Å². The highest BCUT2D eigenvalue weighted by molar-refractivity contribution is 5.71. The summed E-state index contributed by atoms with van der Waals surface area (Å²) in [7, 11) is 0. The highest BCUT2D eigenvalue weighted by atomic mass is 16.3. The molecule has 0 aliphatic heterocycles. The predicted molar refractivity (Wildman–Crippen MR) is 50.5 cm³/mol. The molecule has 0 aliphatic carbocycles. The molecule has 1 rings (SSSR count). The molecule has 0 unspecified atom stereocenters. The molecule has 0 spiro atoms. The Hall–Kier alpha value is -1.75. The topological polar surface area (TPSA) is 95.6 Å². The lowest BCUT2D eigenvalue weighted by atomic mass is 10.1. The number of rotatable bonds is 3. The molecule has 0 heterocycles. The number of primary amides is 1. The molecule has 0 aromatic heterocycles. The third kappa shape index (κ3) is 2.37. The lowest BCUT2D eigenvalue weighted by Crippen LogP contribution is -2.28. The molecule has 5 heteroatoms. The van der Waals surface area contributed by atoms with Gasteiger partial charge in [-0.1, -0.05) is 18.2 Å². The number of hydrogen-bond donors (Lipinski definition) is 4. The SMILES string of the molecule is NC(=O)NCc1cccc(CO)c1O. The number of hydrogen-bond acceptors (Lipinski definition) is 3. The van der Waals surface area contributed by atoms with Gasteiger partial charge in [0.05, 0.1) is 6.61 Å². The third-order valence-electron chi connectivity index (χ3n) is 1.83. The van der Waals surface area contributed by atoms with Gasteiger partial charge in [0.1, 0.15) is 5.75 Å².